The normalized spacial score (nSPS) is 16.2. The summed E-state index contributed by atoms with van der Waals surface area (Å²) in [6, 6.07) is -9.68. The van der Waals surface area contributed by atoms with Gasteiger partial charge in [0.2, 0.25) is 70.9 Å². The number of thiol groups is 1. The van der Waals surface area contributed by atoms with E-state index in [1.807, 2.05) is 0 Å². The van der Waals surface area contributed by atoms with E-state index in [4.69, 9.17) is 22.3 Å². The van der Waals surface area contributed by atoms with Gasteiger partial charge in [0.25, 0.3) is 0 Å². The van der Waals surface area contributed by atoms with Crippen LogP contribution in [0.15, 0.2) is 55.4 Å². The summed E-state index contributed by atoms with van der Waals surface area (Å²) in [6.45, 7) is 2.48. The fraction of sp³-hybridized carbons (Fsp3) is 0.552. The predicted octanol–water partition coefficient (Wildman–Crippen LogP) is -7.13. The number of primary amides is 1. The molecule has 1 aromatic carbocycles. The number of unbranched alkanes of at least 4 members (excludes halogenated alkanes) is 1. The van der Waals surface area contributed by atoms with Gasteiger partial charge in [-0.1, -0.05) is 44.2 Å². The first kappa shape index (κ1) is 77.9. The zero-order chi connectivity index (χ0) is 70.5. The molecule has 0 radical (unpaired) electrons. The number of carboxylic acid groups (broad SMARTS) is 2. The van der Waals surface area contributed by atoms with Crippen LogP contribution in [0.5, 0.6) is 0 Å². The number of nitrogens with two attached hydrogens (primary N) is 3. The van der Waals surface area contributed by atoms with Crippen LogP contribution < -0.4 is 70.4 Å². The molecule has 1 saturated heterocycles. The van der Waals surface area contributed by atoms with Crippen LogP contribution in [0.3, 0.4) is 0 Å². The number of amides is 12. The van der Waals surface area contributed by atoms with Gasteiger partial charge in [-0.05, 0) is 63.5 Å². The van der Waals surface area contributed by atoms with E-state index in [-0.39, 0.29) is 63.7 Å². The maximum atomic E-state index is 14.2. The Morgan fingerprint density at radius 3 is 1.63 bits per heavy atom. The third-order valence-electron chi connectivity index (χ3n) is 15.0. The van der Waals surface area contributed by atoms with Crippen molar-refractivity contribution < 1.29 is 87.5 Å². The number of imidazole rings is 2. The first-order valence-corrected chi connectivity index (χ1v) is 31.1. The smallest absolute Gasteiger partial charge is 0.326 e. The number of aliphatic hydroxyl groups is 2. The molecule has 1 fully saturated rings. The molecule has 95 heavy (non-hydrogen) atoms. The zero-order valence-corrected chi connectivity index (χ0v) is 53.4. The second kappa shape index (κ2) is 39.2. The lowest BCUT2D eigenvalue weighted by Gasteiger charge is -2.30. The summed E-state index contributed by atoms with van der Waals surface area (Å²) in [5, 5.41) is 63.9. The molecule has 0 bridgehead atoms. The third kappa shape index (κ3) is 25.3. The highest BCUT2D eigenvalue weighted by atomic mass is 32.1. The van der Waals surface area contributed by atoms with Crippen molar-refractivity contribution in [3.63, 3.8) is 0 Å². The number of carboxylic acids is 2. The number of aliphatic hydroxyl groups excluding tert-OH is 2. The minimum atomic E-state index is -1.84. The van der Waals surface area contributed by atoms with E-state index in [2.05, 4.69) is 85.7 Å². The van der Waals surface area contributed by atoms with Gasteiger partial charge in [-0.25, -0.2) is 14.8 Å². The quantitative estimate of drug-likeness (QED) is 0.0185. The molecule has 0 saturated carbocycles. The fourth-order valence-electron chi connectivity index (χ4n) is 9.73. The van der Waals surface area contributed by atoms with Crippen LogP contribution in [-0.2, 0) is 86.4 Å². The molecule has 1 aliphatic rings. The highest BCUT2D eigenvalue weighted by Gasteiger charge is 2.41. The standard InChI is InChI=1S/C58H86N18O18S/c1-29(2)46(56(91)71-39(58(93)94)18-31-10-5-4-6-11-31)75-47(82)30(3)66-51(86)37(19-32-22-62-27-64-32)69-50(85)36(14-15-44(61)79)68-49(84)35(12-7-8-16-59)67-52(87)40(24-77)72-54(89)42(26-95)74-53(88)41(25-78)73-55(90)43-13-9-17-76(43)57(92)38(20-33-23-63-28-65-33)70-48(83)34(60)21-45(80)81/h4-6,10-11,22-23,27-30,34-43,46,77-78,95H,7-9,12-21,24-26,59-60H2,1-3H3,(H2,61,79)(H,62,64)(H,63,65)(H,66,86)(H,67,87)(H,68,84)(H,69,85)(H,70,83)(H,71,91)(H,72,89)(H,73,90)(H,74,88)(H,75,82)(H,80,81)(H,93,94)/t30-,34-,35-,36-,37-,38-,39-,40-,41-,42-,43-,46-/m0/s1. The van der Waals surface area contributed by atoms with Gasteiger partial charge in [0.05, 0.1) is 49.7 Å². The molecule has 3 heterocycles. The van der Waals surface area contributed by atoms with Gasteiger partial charge in [0, 0.05) is 50.4 Å². The first-order chi connectivity index (χ1) is 45.1. The lowest BCUT2D eigenvalue weighted by molar-refractivity contribution is -0.143. The molecule has 12 amide bonds. The summed E-state index contributed by atoms with van der Waals surface area (Å²) in [5.74, 6) is -15.5. The molecule has 36 nitrogen and oxygen atoms in total. The summed E-state index contributed by atoms with van der Waals surface area (Å²) < 4.78 is 0. The maximum absolute atomic E-state index is 14.2. The lowest BCUT2D eigenvalue weighted by atomic mass is 10.0. The number of rotatable bonds is 41. The summed E-state index contributed by atoms with van der Waals surface area (Å²) in [5.41, 5.74) is 18.1. The van der Waals surface area contributed by atoms with Crippen molar-refractivity contribution >= 4 is 95.5 Å². The summed E-state index contributed by atoms with van der Waals surface area (Å²) in [6.07, 6.45) is 3.83. The van der Waals surface area contributed by atoms with E-state index in [0.717, 1.165) is 4.90 Å². The molecule has 0 unspecified atom stereocenters. The number of H-pyrrole nitrogens is 2. The Morgan fingerprint density at radius 2 is 1.11 bits per heavy atom. The number of nitrogens with zero attached hydrogens (tertiary/aromatic N) is 3. The predicted molar refractivity (Wildman–Crippen MR) is 337 cm³/mol. The number of aliphatic carboxylic acids is 2. The van der Waals surface area contributed by atoms with Crippen LogP contribution in [0, 0.1) is 5.92 Å². The van der Waals surface area contributed by atoms with Crippen molar-refractivity contribution in [2.45, 2.75) is 164 Å². The Balaban J connectivity index is 1.44. The first-order valence-electron chi connectivity index (χ1n) is 30.5. The van der Waals surface area contributed by atoms with Gasteiger partial charge in [-0.2, -0.15) is 12.6 Å². The van der Waals surface area contributed by atoms with E-state index >= 15 is 0 Å². The molecular weight excluding hydrogens is 1270 g/mol. The van der Waals surface area contributed by atoms with Crippen molar-refractivity contribution in [1.82, 2.24) is 78.0 Å². The lowest BCUT2D eigenvalue weighted by Crippen LogP contribution is -2.61. The number of likely N-dealkylation sites (tertiary alicyclic amines) is 1. The monoisotopic (exact) mass is 1350 g/mol. The fourth-order valence-corrected chi connectivity index (χ4v) is 9.99. The highest BCUT2D eigenvalue weighted by Crippen LogP contribution is 2.20. The van der Waals surface area contributed by atoms with Crippen LogP contribution >= 0.6 is 12.6 Å². The van der Waals surface area contributed by atoms with Crippen LogP contribution in [0.1, 0.15) is 89.1 Å². The molecule has 2 aromatic heterocycles. The number of hydrogen-bond acceptors (Lipinski definition) is 21. The van der Waals surface area contributed by atoms with Crippen molar-refractivity contribution in [3.05, 3.63) is 72.3 Å². The zero-order valence-electron chi connectivity index (χ0n) is 52.5. The van der Waals surface area contributed by atoms with Crippen LogP contribution in [-0.4, -0.2) is 233 Å². The average Bonchev–Trinajstić information content (AvgIpc) is 1.79. The van der Waals surface area contributed by atoms with Gasteiger partial charge in [0.15, 0.2) is 0 Å². The van der Waals surface area contributed by atoms with Gasteiger partial charge < -0.3 is 106 Å². The Labute approximate surface area is 550 Å². The van der Waals surface area contributed by atoms with E-state index in [1.165, 1.54) is 32.0 Å². The minimum Gasteiger partial charge on any atom is -0.481 e. The number of nitrogens with one attached hydrogen (secondary N) is 12. The van der Waals surface area contributed by atoms with Crippen LogP contribution in [0.2, 0.25) is 0 Å². The number of carbonyl (C=O) groups excluding carboxylic acids is 12. The van der Waals surface area contributed by atoms with Gasteiger partial charge >= 0.3 is 11.9 Å². The number of hydrogen-bond donors (Lipinski definition) is 20. The number of carbonyl (C=O) groups is 14. The molecular formula is C58H86N18O18S. The Hall–Kier alpha value is -9.59. The highest BCUT2D eigenvalue weighted by molar-refractivity contribution is 7.80. The topological polar surface area (TPSA) is 579 Å². The van der Waals surface area contributed by atoms with Crippen molar-refractivity contribution in [2.24, 2.45) is 23.1 Å². The van der Waals surface area contributed by atoms with Crippen molar-refractivity contribution in [3.8, 4) is 0 Å². The second-order valence-electron chi connectivity index (χ2n) is 22.7. The molecule has 37 heteroatoms. The number of benzene rings is 1. The minimum absolute atomic E-state index is 0.00223. The third-order valence-corrected chi connectivity index (χ3v) is 15.4. The SMILES string of the molecule is CC(C)[C@H](NC(=O)[C@H](C)NC(=O)[C@H](Cc1c[nH]cn1)NC(=O)[C@H](CCC(N)=O)NC(=O)[C@H](CCCCN)NC(=O)[C@H](CO)NC(=O)[C@H](CS)NC(=O)[C@H](CO)NC(=O)[C@@H]1CCCN1C(=O)[C@H](Cc1c[nH]cn1)NC(=O)[C@@H](N)CC(=O)O)C(=O)N[C@@H](Cc1ccccc1)C(=O)O. The molecule has 4 rings (SSSR count). The summed E-state index contributed by atoms with van der Waals surface area (Å²) >= 11 is 4.14. The second-order valence-corrected chi connectivity index (χ2v) is 23.1. The van der Waals surface area contributed by atoms with Crippen molar-refractivity contribution in [1.29, 1.82) is 0 Å². The van der Waals surface area contributed by atoms with Crippen molar-refractivity contribution in [2.75, 3.05) is 32.1 Å². The molecule has 0 spiro atoms. The van der Waals surface area contributed by atoms with Crippen LogP contribution in [0.25, 0.3) is 0 Å². The molecule has 1 aliphatic heterocycles. The van der Waals surface area contributed by atoms with Crippen LogP contribution in [0.4, 0.5) is 0 Å². The Bertz CT molecular complexity index is 3110. The number of aromatic nitrogens is 4. The molecule has 0 aliphatic carbocycles. The number of aromatic amines is 2. The summed E-state index contributed by atoms with van der Waals surface area (Å²) in [4.78, 5) is 202. The van der Waals surface area contributed by atoms with Gasteiger partial charge in [-0.15, -0.1) is 0 Å². The maximum Gasteiger partial charge on any atom is 0.326 e. The largest absolute Gasteiger partial charge is 0.481 e. The van der Waals surface area contributed by atoms with E-state index in [0.29, 0.717) is 17.7 Å². The Morgan fingerprint density at radius 1 is 0.600 bits per heavy atom. The summed E-state index contributed by atoms with van der Waals surface area (Å²) in [7, 11) is 0. The molecule has 22 N–H and O–H groups in total. The van der Waals surface area contributed by atoms with E-state index < -0.39 is 199 Å². The van der Waals surface area contributed by atoms with Gasteiger partial charge in [-0.3, -0.25) is 62.3 Å². The molecule has 3 aromatic rings. The molecule has 522 valence electrons. The van der Waals surface area contributed by atoms with Gasteiger partial charge in [0.1, 0.15) is 66.5 Å². The van der Waals surface area contributed by atoms with E-state index in [9.17, 15) is 82.4 Å². The molecule has 12 atom stereocenters. The average molecular weight is 1360 g/mol. The van der Waals surface area contributed by atoms with E-state index in [1.54, 1.807) is 44.2 Å². The Kier molecular flexibility index (Phi) is 32.1.